The molecule has 1 heterocycles. The molecule has 1 atom stereocenters. The maximum atomic E-state index is 6.21. The summed E-state index contributed by atoms with van der Waals surface area (Å²) in [7, 11) is 0. The highest BCUT2D eigenvalue weighted by Crippen LogP contribution is 2.36. The minimum absolute atomic E-state index is 0.109. The van der Waals surface area contributed by atoms with Crippen LogP contribution in [0, 0.1) is 11.8 Å². The number of nitrogens with two attached hydrogens (primary N) is 1. The summed E-state index contributed by atoms with van der Waals surface area (Å²) in [5, 5.41) is 0. The van der Waals surface area contributed by atoms with Crippen LogP contribution in [-0.2, 0) is 0 Å². The van der Waals surface area contributed by atoms with Gasteiger partial charge in [0.25, 0.3) is 0 Å². The Kier molecular flexibility index (Phi) is 3.47. The van der Waals surface area contributed by atoms with Crippen molar-refractivity contribution in [1.29, 1.82) is 0 Å². The first-order valence-corrected chi connectivity index (χ1v) is 6.10. The van der Waals surface area contributed by atoms with Crippen LogP contribution in [0.1, 0.15) is 50.8 Å². The second-order valence-corrected chi connectivity index (χ2v) is 4.73. The first kappa shape index (κ1) is 10.7. The van der Waals surface area contributed by atoms with Gasteiger partial charge in [-0.2, -0.15) is 0 Å². The Morgan fingerprint density at radius 2 is 2.13 bits per heavy atom. The zero-order valence-corrected chi connectivity index (χ0v) is 9.49. The standard InChI is InChI=1S/C13H21NO/c1-2-10-5-7-11(8-6-10)13(14)12-4-3-9-15-12/h3-4,9-11,13H,2,5-8,14H2,1H3. The number of hydrogen-bond donors (Lipinski definition) is 1. The van der Waals surface area contributed by atoms with E-state index in [-0.39, 0.29) is 6.04 Å². The predicted molar refractivity (Wildman–Crippen MR) is 61.4 cm³/mol. The summed E-state index contributed by atoms with van der Waals surface area (Å²) in [5.41, 5.74) is 6.21. The van der Waals surface area contributed by atoms with Crippen molar-refractivity contribution < 1.29 is 4.42 Å². The molecule has 1 aromatic heterocycles. The second kappa shape index (κ2) is 4.84. The Labute approximate surface area is 91.8 Å². The van der Waals surface area contributed by atoms with Crippen LogP contribution in [0.5, 0.6) is 0 Å². The van der Waals surface area contributed by atoms with Crippen molar-refractivity contribution in [3.63, 3.8) is 0 Å². The molecule has 0 aliphatic heterocycles. The Bertz CT molecular complexity index is 273. The molecule has 0 spiro atoms. The van der Waals surface area contributed by atoms with Gasteiger partial charge in [0, 0.05) is 0 Å². The lowest BCUT2D eigenvalue weighted by molar-refractivity contribution is 0.226. The fourth-order valence-corrected chi connectivity index (χ4v) is 2.67. The van der Waals surface area contributed by atoms with Crippen molar-refractivity contribution in [1.82, 2.24) is 0 Å². The monoisotopic (exact) mass is 207 g/mol. The van der Waals surface area contributed by atoms with E-state index in [0.717, 1.165) is 11.7 Å². The normalized spacial score (nSPS) is 28.9. The van der Waals surface area contributed by atoms with Crippen LogP contribution in [0.15, 0.2) is 22.8 Å². The summed E-state index contributed by atoms with van der Waals surface area (Å²) in [6.45, 7) is 2.29. The average Bonchev–Trinajstić information content (AvgIpc) is 2.82. The van der Waals surface area contributed by atoms with Gasteiger partial charge in [0.15, 0.2) is 0 Å². The molecule has 1 saturated carbocycles. The molecule has 2 N–H and O–H groups in total. The van der Waals surface area contributed by atoms with Crippen molar-refractivity contribution >= 4 is 0 Å². The summed E-state index contributed by atoms with van der Waals surface area (Å²) in [6.07, 6.45) is 8.25. The topological polar surface area (TPSA) is 39.2 Å². The second-order valence-electron chi connectivity index (χ2n) is 4.73. The lowest BCUT2D eigenvalue weighted by Gasteiger charge is -2.30. The van der Waals surface area contributed by atoms with E-state index >= 15 is 0 Å². The SMILES string of the molecule is CCC1CCC(C(N)c2ccco2)CC1. The largest absolute Gasteiger partial charge is 0.468 e. The van der Waals surface area contributed by atoms with Crippen molar-refractivity contribution in [2.75, 3.05) is 0 Å². The van der Waals surface area contributed by atoms with Crippen LogP contribution >= 0.6 is 0 Å². The molecule has 0 amide bonds. The molecule has 1 fully saturated rings. The van der Waals surface area contributed by atoms with Crippen LogP contribution in [0.4, 0.5) is 0 Å². The van der Waals surface area contributed by atoms with E-state index in [1.807, 2.05) is 12.1 Å². The van der Waals surface area contributed by atoms with E-state index in [0.29, 0.717) is 5.92 Å². The fourth-order valence-electron chi connectivity index (χ4n) is 2.67. The number of rotatable bonds is 3. The fraction of sp³-hybridized carbons (Fsp3) is 0.692. The zero-order chi connectivity index (χ0) is 10.7. The van der Waals surface area contributed by atoms with Gasteiger partial charge < -0.3 is 10.2 Å². The molecule has 0 saturated heterocycles. The number of furan rings is 1. The van der Waals surface area contributed by atoms with Gasteiger partial charge in [-0.05, 0) is 36.8 Å². The van der Waals surface area contributed by atoms with Gasteiger partial charge in [-0.15, -0.1) is 0 Å². The zero-order valence-electron chi connectivity index (χ0n) is 9.49. The predicted octanol–water partition coefficient (Wildman–Crippen LogP) is 3.50. The van der Waals surface area contributed by atoms with Crippen LogP contribution in [-0.4, -0.2) is 0 Å². The highest BCUT2D eigenvalue weighted by Gasteiger charge is 2.26. The molecule has 2 nitrogen and oxygen atoms in total. The molecule has 1 aliphatic carbocycles. The van der Waals surface area contributed by atoms with Gasteiger partial charge in [0.05, 0.1) is 12.3 Å². The quantitative estimate of drug-likeness (QED) is 0.824. The van der Waals surface area contributed by atoms with Gasteiger partial charge in [0.1, 0.15) is 5.76 Å². The van der Waals surface area contributed by atoms with Crippen LogP contribution < -0.4 is 5.73 Å². The third-order valence-corrected chi connectivity index (χ3v) is 3.85. The molecule has 0 aromatic carbocycles. The number of hydrogen-bond acceptors (Lipinski definition) is 2. The van der Waals surface area contributed by atoms with Crippen LogP contribution in [0.25, 0.3) is 0 Å². The summed E-state index contributed by atoms with van der Waals surface area (Å²) in [6, 6.07) is 4.03. The maximum absolute atomic E-state index is 6.21. The average molecular weight is 207 g/mol. The van der Waals surface area contributed by atoms with Gasteiger partial charge in [-0.1, -0.05) is 26.2 Å². The van der Waals surface area contributed by atoms with E-state index in [1.165, 1.54) is 32.1 Å². The molecule has 2 rings (SSSR count). The molecule has 84 valence electrons. The van der Waals surface area contributed by atoms with E-state index < -0.39 is 0 Å². The van der Waals surface area contributed by atoms with E-state index in [2.05, 4.69) is 6.92 Å². The molecule has 2 heteroatoms. The van der Waals surface area contributed by atoms with Crippen LogP contribution in [0.2, 0.25) is 0 Å². The van der Waals surface area contributed by atoms with Gasteiger partial charge in [-0.3, -0.25) is 0 Å². The van der Waals surface area contributed by atoms with Crippen molar-refractivity contribution in [2.45, 2.75) is 45.1 Å². The minimum atomic E-state index is 0.109. The molecule has 1 aromatic rings. The Hall–Kier alpha value is -0.760. The van der Waals surface area contributed by atoms with Crippen molar-refractivity contribution in [3.8, 4) is 0 Å². The molecule has 15 heavy (non-hydrogen) atoms. The Balaban J connectivity index is 1.90. The van der Waals surface area contributed by atoms with Crippen LogP contribution in [0.3, 0.4) is 0 Å². The Morgan fingerprint density at radius 1 is 1.40 bits per heavy atom. The summed E-state index contributed by atoms with van der Waals surface area (Å²) < 4.78 is 5.38. The summed E-state index contributed by atoms with van der Waals surface area (Å²) in [4.78, 5) is 0. The van der Waals surface area contributed by atoms with Gasteiger partial charge >= 0.3 is 0 Å². The summed E-state index contributed by atoms with van der Waals surface area (Å²) in [5.74, 6) is 2.51. The smallest absolute Gasteiger partial charge is 0.120 e. The van der Waals surface area contributed by atoms with E-state index in [9.17, 15) is 0 Å². The molecular formula is C13H21NO. The highest BCUT2D eigenvalue weighted by molar-refractivity contribution is 5.05. The lowest BCUT2D eigenvalue weighted by Crippen LogP contribution is -2.25. The highest BCUT2D eigenvalue weighted by atomic mass is 16.3. The Morgan fingerprint density at radius 3 is 2.67 bits per heavy atom. The van der Waals surface area contributed by atoms with Gasteiger partial charge in [-0.25, -0.2) is 0 Å². The third kappa shape index (κ3) is 2.43. The molecule has 1 aliphatic rings. The van der Waals surface area contributed by atoms with E-state index in [1.54, 1.807) is 6.26 Å². The third-order valence-electron chi connectivity index (χ3n) is 3.85. The molecule has 0 bridgehead atoms. The van der Waals surface area contributed by atoms with Gasteiger partial charge in [0.2, 0.25) is 0 Å². The van der Waals surface area contributed by atoms with E-state index in [4.69, 9.17) is 10.2 Å². The van der Waals surface area contributed by atoms with Crippen molar-refractivity contribution in [3.05, 3.63) is 24.2 Å². The van der Waals surface area contributed by atoms with Crippen molar-refractivity contribution in [2.24, 2.45) is 17.6 Å². The maximum Gasteiger partial charge on any atom is 0.120 e. The molecule has 1 unspecified atom stereocenters. The first-order valence-electron chi connectivity index (χ1n) is 6.10. The first-order chi connectivity index (χ1) is 7.31. The molecule has 0 radical (unpaired) electrons. The lowest BCUT2D eigenvalue weighted by atomic mass is 9.77. The summed E-state index contributed by atoms with van der Waals surface area (Å²) >= 11 is 0. The molecular weight excluding hydrogens is 186 g/mol. The minimum Gasteiger partial charge on any atom is -0.468 e.